The summed E-state index contributed by atoms with van der Waals surface area (Å²) in [6, 6.07) is 9.44. The molecule has 0 unspecified atom stereocenters. The van der Waals surface area contributed by atoms with E-state index in [9.17, 15) is 27.6 Å². The van der Waals surface area contributed by atoms with Crippen molar-refractivity contribution >= 4 is 17.6 Å². The first-order chi connectivity index (χ1) is 16.4. The van der Waals surface area contributed by atoms with Crippen LogP contribution in [-0.4, -0.2) is 47.9 Å². The number of methoxy groups -OCH3 is 1. The van der Waals surface area contributed by atoms with Crippen molar-refractivity contribution in [3.8, 4) is 5.75 Å². The third-order valence-corrected chi connectivity index (χ3v) is 6.37. The Bertz CT molecular complexity index is 1180. The summed E-state index contributed by atoms with van der Waals surface area (Å²) in [4.78, 5) is 40.4. The number of ether oxygens (including phenoxy) is 1. The number of hydrogen-bond acceptors (Lipinski definition) is 5. The van der Waals surface area contributed by atoms with E-state index in [4.69, 9.17) is 9.15 Å². The lowest BCUT2D eigenvalue weighted by molar-refractivity contribution is -0.190. The molecule has 1 aliphatic carbocycles. The van der Waals surface area contributed by atoms with E-state index in [1.54, 1.807) is 38.1 Å². The lowest BCUT2D eigenvalue weighted by atomic mass is 9.72. The van der Waals surface area contributed by atoms with Gasteiger partial charge >= 0.3 is 6.18 Å². The number of hydrogen-bond donors (Lipinski definition) is 1. The highest BCUT2D eigenvalue weighted by molar-refractivity contribution is 6.14. The van der Waals surface area contributed by atoms with Crippen molar-refractivity contribution in [2.75, 3.05) is 13.7 Å². The highest BCUT2D eigenvalue weighted by atomic mass is 19.4. The third-order valence-electron chi connectivity index (χ3n) is 6.37. The van der Waals surface area contributed by atoms with Gasteiger partial charge in [-0.3, -0.25) is 14.4 Å². The Morgan fingerprint density at radius 1 is 1.14 bits per heavy atom. The average Bonchev–Trinajstić information content (AvgIpc) is 3.38. The monoisotopic (exact) mass is 490 g/mol. The van der Waals surface area contributed by atoms with E-state index in [0.717, 1.165) is 16.7 Å². The Labute approximate surface area is 199 Å². The van der Waals surface area contributed by atoms with E-state index in [1.165, 1.54) is 19.2 Å². The lowest BCUT2D eigenvalue weighted by Gasteiger charge is -2.35. The van der Waals surface area contributed by atoms with Gasteiger partial charge in [0.25, 0.3) is 11.8 Å². The quantitative estimate of drug-likeness (QED) is 0.660. The molecular formula is C25H25F3N2O5. The SMILES string of the molecule is COc1ccc(CCN2C(=O)[C@@](NC(=O)c3ccco3)(C(F)(F)F)C3=C2CC(C)(C)CC3=O)cc1. The Morgan fingerprint density at radius 3 is 2.40 bits per heavy atom. The third kappa shape index (κ3) is 4.21. The molecule has 0 bridgehead atoms. The minimum atomic E-state index is -5.26. The molecular weight excluding hydrogens is 465 g/mol. The number of allylic oxidation sites excluding steroid dienone is 1. The molecule has 10 heteroatoms. The molecule has 0 saturated carbocycles. The minimum Gasteiger partial charge on any atom is -0.497 e. The van der Waals surface area contributed by atoms with Gasteiger partial charge in [-0.05, 0) is 48.1 Å². The van der Waals surface area contributed by atoms with E-state index < -0.39 is 46.1 Å². The number of carbonyl (C=O) groups excluding carboxylic acids is 3. The van der Waals surface area contributed by atoms with Crippen LogP contribution >= 0.6 is 0 Å². The second kappa shape index (κ2) is 8.58. The van der Waals surface area contributed by atoms with Crippen LogP contribution < -0.4 is 10.1 Å². The first-order valence-electron chi connectivity index (χ1n) is 11.0. The van der Waals surface area contributed by atoms with Gasteiger partial charge in [-0.25, -0.2) is 0 Å². The number of ketones is 1. The minimum absolute atomic E-state index is 0.00170. The summed E-state index contributed by atoms with van der Waals surface area (Å²) in [5.74, 6) is -3.22. The van der Waals surface area contributed by atoms with Crippen LogP contribution in [0.5, 0.6) is 5.75 Å². The molecule has 7 nitrogen and oxygen atoms in total. The molecule has 1 aliphatic heterocycles. The molecule has 0 spiro atoms. The molecule has 0 fully saturated rings. The number of amides is 2. The molecule has 186 valence electrons. The van der Waals surface area contributed by atoms with E-state index in [0.29, 0.717) is 5.75 Å². The van der Waals surface area contributed by atoms with Crippen molar-refractivity contribution in [2.45, 2.75) is 44.8 Å². The summed E-state index contributed by atoms with van der Waals surface area (Å²) in [6.45, 7) is 3.42. The predicted octanol–water partition coefficient (Wildman–Crippen LogP) is 4.05. The number of nitrogens with zero attached hydrogens (tertiary/aromatic N) is 1. The number of benzene rings is 1. The second-order valence-electron chi connectivity index (χ2n) is 9.50. The number of nitrogens with one attached hydrogen (secondary N) is 1. The van der Waals surface area contributed by atoms with Crippen molar-refractivity contribution in [1.82, 2.24) is 10.2 Å². The molecule has 1 N–H and O–H groups in total. The zero-order chi connectivity index (χ0) is 25.6. The van der Waals surface area contributed by atoms with Crippen LogP contribution in [-0.2, 0) is 16.0 Å². The van der Waals surface area contributed by atoms with Crippen LogP contribution in [0.1, 0.15) is 42.8 Å². The highest BCUT2D eigenvalue weighted by Gasteiger charge is 2.71. The van der Waals surface area contributed by atoms with Crippen molar-refractivity contribution in [1.29, 1.82) is 0 Å². The Kier molecular flexibility index (Phi) is 6.02. The van der Waals surface area contributed by atoms with Gasteiger partial charge < -0.3 is 19.4 Å². The molecule has 1 aromatic carbocycles. The van der Waals surface area contributed by atoms with Crippen LogP contribution in [0.15, 0.2) is 58.3 Å². The van der Waals surface area contributed by atoms with Gasteiger partial charge in [-0.15, -0.1) is 0 Å². The maximum absolute atomic E-state index is 14.7. The first kappa shape index (κ1) is 24.6. The van der Waals surface area contributed by atoms with Gasteiger partial charge in [0.15, 0.2) is 11.5 Å². The van der Waals surface area contributed by atoms with Crippen molar-refractivity contribution in [3.63, 3.8) is 0 Å². The van der Waals surface area contributed by atoms with Crippen LogP contribution in [0, 0.1) is 5.41 Å². The maximum atomic E-state index is 14.7. The molecule has 1 atom stereocenters. The van der Waals surface area contributed by atoms with Gasteiger partial charge in [-0.2, -0.15) is 13.2 Å². The largest absolute Gasteiger partial charge is 0.497 e. The van der Waals surface area contributed by atoms with Crippen molar-refractivity contribution < 1.29 is 36.7 Å². The molecule has 2 aliphatic rings. The molecule has 2 amide bonds. The fourth-order valence-electron chi connectivity index (χ4n) is 4.74. The zero-order valence-corrected chi connectivity index (χ0v) is 19.5. The second-order valence-corrected chi connectivity index (χ2v) is 9.50. The zero-order valence-electron chi connectivity index (χ0n) is 19.5. The van der Waals surface area contributed by atoms with E-state index >= 15 is 0 Å². The number of alkyl halides is 3. The summed E-state index contributed by atoms with van der Waals surface area (Å²) in [5.41, 5.74) is -4.07. The number of carbonyl (C=O) groups is 3. The van der Waals surface area contributed by atoms with Gasteiger partial charge in [0, 0.05) is 18.7 Å². The number of rotatable bonds is 6. The smallest absolute Gasteiger partial charge is 0.425 e. The van der Waals surface area contributed by atoms with E-state index in [2.05, 4.69) is 0 Å². The summed E-state index contributed by atoms with van der Waals surface area (Å²) < 4.78 is 54.2. The van der Waals surface area contributed by atoms with E-state index in [1.807, 2.05) is 5.32 Å². The first-order valence-corrected chi connectivity index (χ1v) is 11.0. The topological polar surface area (TPSA) is 88.8 Å². The summed E-state index contributed by atoms with van der Waals surface area (Å²) in [7, 11) is 1.52. The molecule has 2 aromatic rings. The lowest BCUT2D eigenvalue weighted by Crippen LogP contribution is -2.66. The molecule has 0 radical (unpaired) electrons. The molecule has 4 rings (SSSR count). The van der Waals surface area contributed by atoms with Gasteiger partial charge in [0.1, 0.15) is 5.75 Å². The average molecular weight is 490 g/mol. The fraction of sp³-hybridized carbons (Fsp3) is 0.400. The van der Waals surface area contributed by atoms with Crippen molar-refractivity contribution in [2.24, 2.45) is 5.41 Å². The van der Waals surface area contributed by atoms with Crippen LogP contribution in [0.4, 0.5) is 13.2 Å². The number of furan rings is 1. The van der Waals surface area contributed by atoms with Crippen LogP contribution in [0.3, 0.4) is 0 Å². The molecule has 0 saturated heterocycles. The Morgan fingerprint density at radius 2 is 1.83 bits per heavy atom. The highest BCUT2D eigenvalue weighted by Crippen LogP contribution is 2.51. The predicted molar refractivity (Wildman–Crippen MR) is 118 cm³/mol. The standard InChI is InChI=1S/C25H25F3N2O5/c1-23(2)13-17-20(18(31)14-23)24(25(26,27)28,29-21(32)19-5-4-12-35-19)22(33)30(17)11-10-15-6-8-16(34-3)9-7-15/h4-9,12H,10-11,13-14H2,1-3H3,(H,29,32)/t24-/m1/s1. The van der Waals surface area contributed by atoms with Gasteiger partial charge in [0.05, 0.1) is 18.9 Å². The Hall–Kier alpha value is -3.56. The number of halogens is 3. The van der Waals surface area contributed by atoms with Crippen molar-refractivity contribution in [3.05, 3.63) is 65.3 Å². The van der Waals surface area contributed by atoms with Crippen LogP contribution in [0.2, 0.25) is 0 Å². The summed E-state index contributed by atoms with van der Waals surface area (Å²) in [6.07, 6.45) is -4.00. The molecule has 35 heavy (non-hydrogen) atoms. The normalized spacial score (nSPS) is 21.8. The summed E-state index contributed by atoms with van der Waals surface area (Å²) in [5, 5.41) is 1.84. The molecule has 2 heterocycles. The van der Waals surface area contributed by atoms with Gasteiger partial charge in [0.2, 0.25) is 5.54 Å². The van der Waals surface area contributed by atoms with Gasteiger partial charge in [-0.1, -0.05) is 26.0 Å². The fourth-order valence-corrected chi connectivity index (χ4v) is 4.74. The van der Waals surface area contributed by atoms with E-state index in [-0.39, 0.29) is 31.5 Å². The molecule has 1 aromatic heterocycles. The summed E-state index contributed by atoms with van der Waals surface area (Å²) >= 11 is 0. The Balaban J connectivity index is 1.77. The van der Waals surface area contributed by atoms with Crippen LogP contribution in [0.25, 0.3) is 0 Å². The number of Topliss-reactive ketones (excluding diaryl/α,β-unsaturated/α-hetero) is 1. The maximum Gasteiger partial charge on any atom is 0.425 e.